The largest absolute Gasteiger partial charge is 0.392 e. The molecule has 0 aliphatic heterocycles. The van der Waals surface area contributed by atoms with Crippen molar-refractivity contribution in [1.82, 2.24) is 9.55 Å². The normalized spacial score (nSPS) is 13.2. The van der Waals surface area contributed by atoms with Crippen molar-refractivity contribution >= 4 is 22.8 Å². The molecule has 0 amide bonds. The van der Waals surface area contributed by atoms with Crippen LogP contribution in [0.1, 0.15) is 5.82 Å². The number of para-hydroxylation sites is 2. The quantitative estimate of drug-likeness (QED) is 0.880. The first kappa shape index (κ1) is 11.5. The number of hydrogen-bond acceptors (Lipinski definition) is 3. The number of fused-ring (bicyclic) bond motifs is 1. The van der Waals surface area contributed by atoms with Crippen molar-refractivity contribution < 1.29 is 5.11 Å². The first-order chi connectivity index (χ1) is 7.72. The standard InChI is InChI=1S/C12H16N2OS/c1-14-11-6-4-3-5-10(11)13-12(14)7-9(15)8-16-2/h3-6,9,15H,7-8H2,1-2H3. The molecule has 1 heterocycles. The summed E-state index contributed by atoms with van der Waals surface area (Å²) >= 11 is 1.65. The lowest BCUT2D eigenvalue weighted by molar-refractivity contribution is 0.197. The zero-order chi connectivity index (χ0) is 11.5. The van der Waals surface area contributed by atoms with E-state index in [0.717, 1.165) is 22.6 Å². The lowest BCUT2D eigenvalue weighted by Crippen LogP contribution is -2.16. The van der Waals surface area contributed by atoms with Crippen LogP contribution in [0.4, 0.5) is 0 Å². The van der Waals surface area contributed by atoms with Gasteiger partial charge in [0.05, 0.1) is 17.1 Å². The summed E-state index contributed by atoms with van der Waals surface area (Å²) in [7, 11) is 2.00. The minimum Gasteiger partial charge on any atom is -0.392 e. The molecule has 0 saturated carbocycles. The molecule has 1 aromatic heterocycles. The fourth-order valence-corrected chi connectivity index (χ4v) is 2.34. The molecule has 86 valence electrons. The molecule has 0 radical (unpaired) electrons. The Morgan fingerprint density at radius 1 is 1.44 bits per heavy atom. The van der Waals surface area contributed by atoms with E-state index in [1.165, 1.54) is 0 Å². The number of aromatic nitrogens is 2. The summed E-state index contributed by atoms with van der Waals surface area (Å²) < 4.78 is 2.05. The minimum absolute atomic E-state index is 0.314. The van der Waals surface area contributed by atoms with Crippen LogP contribution in [0.2, 0.25) is 0 Å². The van der Waals surface area contributed by atoms with E-state index in [1.807, 2.05) is 37.6 Å². The van der Waals surface area contributed by atoms with Crippen LogP contribution in [-0.4, -0.2) is 32.8 Å². The highest BCUT2D eigenvalue weighted by atomic mass is 32.2. The maximum atomic E-state index is 9.78. The Hall–Kier alpha value is -1.00. The molecule has 16 heavy (non-hydrogen) atoms. The van der Waals surface area contributed by atoms with Crippen LogP contribution < -0.4 is 0 Å². The van der Waals surface area contributed by atoms with Gasteiger partial charge < -0.3 is 9.67 Å². The van der Waals surface area contributed by atoms with E-state index >= 15 is 0 Å². The Bertz CT molecular complexity index is 481. The summed E-state index contributed by atoms with van der Waals surface area (Å²) in [6.07, 6.45) is 2.30. The number of thioether (sulfide) groups is 1. The Morgan fingerprint density at radius 2 is 2.19 bits per heavy atom. The van der Waals surface area contributed by atoms with Crippen LogP contribution in [0.15, 0.2) is 24.3 Å². The number of aryl methyl sites for hydroxylation is 1. The van der Waals surface area contributed by atoms with Crippen molar-refractivity contribution in [2.75, 3.05) is 12.0 Å². The number of hydrogen-bond donors (Lipinski definition) is 1. The van der Waals surface area contributed by atoms with Gasteiger partial charge in [-0.3, -0.25) is 0 Å². The summed E-state index contributed by atoms with van der Waals surface area (Å²) in [4.78, 5) is 4.53. The summed E-state index contributed by atoms with van der Waals surface area (Å²) in [5.41, 5.74) is 2.12. The van der Waals surface area contributed by atoms with Crippen LogP contribution >= 0.6 is 11.8 Å². The number of imidazole rings is 1. The van der Waals surface area contributed by atoms with E-state index in [4.69, 9.17) is 0 Å². The first-order valence-electron chi connectivity index (χ1n) is 5.29. The fraction of sp³-hybridized carbons (Fsp3) is 0.417. The third-order valence-electron chi connectivity index (χ3n) is 2.66. The molecular formula is C12H16N2OS. The molecule has 4 heteroatoms. The molecule has 1 N–H and O–H groups in total. The third kappa shape index (κ3) is 2.23. The lowest BCUT2D eigenvalue weighted by atomic mass is 10.3. The van der Waals surface area contributed by atoms with E-state index in [-0.39, 0.29) is 6.10 Å². The van der Waals surface area contributed by atoms with Gasteiger partial charge in [-0.25, -0.2) is 4.98 Å². The average molecular weight is 236 g/mol. The van der Waals surface area contributed by atoms with E-state index < -0.39 is 0 Å². The van der Waals surface area contributed by atoms with Crippen molar-refractivity contribution in [3.8, 4) is 0 Å². The predicted molar refractivity (Wildman–Crippen MR) is 68.8 cm³/mol. The summed E-state index contributed by atoms with van der Waals surface area (Å²) in [5.74, 6) is 1.70. The highest BCUT2D eigenvalue weighted by molar-refractivity contribution is 7.98. The maximum Gasteiger partial charge on any atom is 0.112 e. The Labute approximate surface area is 99.5 Å². The van der Waals surface area contributed by atoms with E-state index in [1.54, 1.807) is 11.8 Å². The highest BCUT2D eigenvalue weighted by Gasteiger charge is 2.11. The summed E-state index contributed by atoms with van der Waals surface area (Å²) in [6.45, 7) is 0. The van der Waals surface area contributed by atoms with Gasteiger partial charge in [-0.2, -0.15) is 11.8 Å². The molecule has 3 nitrogen and oxygen atoms in total. The van der Waals surface area contributed by atoms with E-state index in [2.05, 4.69) is 9.55 Å². The Morgan fingerprint density at radius 3 is 2.88 bits per heavy atom. The second kappa shape index (κ2) is 4.89. The number of rotatable bonds is 4. The van der Waals surface area contributed by atoms with Gasteiger partial charge in [0.15, 0.2) is 0 Å². The maximum absolute atomic E-state index is 9.78. The molecule has 0 bridgehead atoms. The zero-order valence-corrected chi connectivity index (χ0v) is 10.4. The van der Waals surface area contributed by atoms with Gasteiger partial charge in [-0.15, -0.1) is 0 Å². The zero-order valence-electron chi connectivity index (χ0n) is 9.55. The summed E-state index contributed by atoms with van der Waals surface area (Å²) in [5, 5.41) is 9.78. The highest BCUT2D eigenvalue weighted by Crippen LogP contribution is 2.15. The SMILES string of the molecule is CSCC(O)Cc1nc2ccccc2n1C. The average Bonchev–Trinajstić information content (AvgIpc) is 2.57. The second-order valence-corrected chi connectivity index (χ2v) is 4.80. The number of aliphatic hydroxyl groups excluding tert-OH is 1. The molecular weight excluding hydrogens is 220 g/mol. The van der Waals surface area contributed by atoms with Crippen LogP contribution in [0.25, 0.3) is 11.0 Å². The van der Waals surface area contributed by atoms with Gasteiger partial charge in [0, 0.05) is 19.2 Å². The van der Waals surface area contributed by atoms with Gasteiger partial charge in [0.25, 0.3) is 0 Å². The fourth-order valence-electron chi connectivity index (χ4n) is 1.84. The monoisotopic (exact) mass is 236 g/mol. The van der Waals surface area contributed by atoms with Crippen molar-refractivity contribution in [3.63, 3.8) is 0 Å². The van der Waals surface area contributed by atoms with Crippen molar-refractivity contribution in [1.29, 1.82) is 0 Å². The van der Waals surface area contributed by atoms with Crippen molar-refractivity contribution in [2.24, 2.45) is 7.05 Å². The number of aliphatic hydroxyl groups is 1. The Kier molecular flexibility index (Phi) is 3.51. The smallest absolute Gasteiger partial charge is 0.112 e. The number of nitrogens with zero attached hydrogens (tertiary/aromatic N) is 2. The third-order valence-corrected chi connectivity index (χ3v) is 3.38. The molecule has 2 rings (SSSR count). The van der Waals surface area contributed by atoms with Crippen LogP contribution in [0, 0.1) is 0 Å². The Balaban J connectivity index is 2.27. The molecule has 1 aromatic carbocycles. The second-order valence-electron chi connectivity index (χ2n) is 3.89. The molecule has 2 aromatic rings. The molecule has 0 fully saturated rings. The van der Waals surface area contributed by atoms with Crippen LogP contribution in [-0.2, 0) is 13.5 Å². The predicted octanol–water partition coefficient (Wildman–Crippen LogP) is 1.84. The van der Waals surface area contributed by atoms with Gasteiger partial charge >= 0.3 is 0 Å². The topological polar surface area (TPSA) is 38.1 Å². The van der Waals surface area contributed by atoms with Gasteiger partial charge in [0.1, 0.15) is 5.82 Å². The molecule has 0 spiro atoms. The molecule has 0 saturated heterocycles. The minimum atomic E-state index is -0.314. The van der Waals surface area contributed by atoms with Gasteiger partial charge in [-0.1, -0.05) is 12.1 Å². The van der Waals surface area contributed by atoms with Crippen molar-refractivity contribution in [3.05, 3.63) is 30.1 Å². The first-order valence-corrected chi connectivity index (χ1v) is 6.69. The summed E-state index contributed by atoms with van der Waals surface area (Å²) in [6, 6.07) is 8.04. The molecule has 1 atom stereocenters. The van der Waals surface area contributed by atoms with E-state index in [0.29, 0.717) is 6.42 Å². The van der Waals surface area contributed by atoms with E-state index in [9.17, 15) is 5.11 Å². The number of benzene rings is 1. The lowest BCUT2D eigenvalue weighted by Gasteiger charge is -2.08. The van der Waals surface area contributed by atoms with Crippen LogP contribution in [0.3, 0.4) is 0 Å². The van der Waals surface area contributed by atoms with Gasteiger partial charge in [0.2, 0.25) is 0 Å². The molecule has 0 aliphatic carbocycles. The van der Waals surface area contributed by atoms with Crippen molar-refractivity contribution in [2.45, 2.75) is 12.5 Å². The molecule has 0 aliphatic rings. The van der Waals surface area contributed by atoms with Crippen LogP contribution in [0.5, 0.6) is 0 Å². The van der Waals surface area contributed by atoms with Gasteiger partial charge in [-0.05, 0) is 18.4 Å². The molecule has 1 unspecified atom stereocenters.